The van der Waals surface area contributed by atoms with Gasteiger partial charge in [-0.2, -0.15) is 13.2 Å². The van der Waals surface area contributed by atoms with Gasteiger partial charge in [-0.15, -0.1) is 24.0 Å². The average molecular weight is 487 g/mol. The Morgan fingerprint density at radius 3 is 2.27 bits per heavy atom. The quantitative estimate of drug-likeness (QED) is 0.234. The molecule has 0 aliphatic carbocycles. The molecule has 0 heterocycles. The van der Waals surface area contributed by atoms with Gasteiger partial charge in [0, 0.05) is 20.1 Å². The minimum Gasteiger partial charge on any atom is -0.367 e. The molecule has 4 nitrogen and oxygen atoms in total. The lowest BCUT2D eigenvalue weighted by molar-refractivity contribution is -0.176. The zero-order valence-corrected chi connectivity index (χ0v) is 17.9. The maximum atomic E-state index is 12.0. The lowest BCUT2D eigenvalue weighted by atomic mass is 10.1. The van der Waals surface area contributed by atoms with Crippen molar-refractivity contribution in [3.05, 3.63) is 35.4 Å². The van der Waals surface area contributed by atoms with Crippen molar-refractivity contribution in [3.8, 4) is 0 Å². The van der Waals surface area contributed by atoms with Crippen molar-refractivity contribution in [2.24, 2.45) is 10.9 Å². The Hall–Kier alpha value is -1.03. The van der Waals surface area contributed by atoms with Crippen LogP contribution in [0.4, 0.5) is 13.2 Å². The number of nitrogens with one attached hydrogen (secondary N) is 2. The second-order valence-corrected chi connectivity index (χ2v) is 6.31. The summed E-state index contributed by atoms with van der Waals surface area (Å²) < 4.78 is 40.7. The van der Waals surface area contributed by atoms with Crippen LogP contribution in [0.3, 0.4) is 0 Å². The molecular weight excluding hydrogens is 458 g/mol. The molecule has 0 atom stereocenters. The van der Waals surface area contributed by atoms with Crippen LogP contribution in [-0.4, -0.2) is 32.3 Å². The van der Waals surface area contributed by atoms with Crippen molar-refractivity contribution >= 4 is 29.9 Å². The monoisotopic (exact) mass is 487 g/mol. The van der Waals surface area contributed by atoms with E-state index in [9.17, 15) is 13.2 Å². The van der Waals surface area contributed by atoms with Crippen molar-refractivity contribution in [2.45, 2.75) is 46.0 Å². The van der Waals surface area contributed by atoms with Gasteiger partial charge in [-0.25, -0.2) is 0 Å². The number of halogens is 4. The van der Waals surface area contributed by atoms with E-state index in [0.717, 1.165) is 24.5 Å². The second-order valence-electron chi connectivity index (χ2n) is 6.31. The zero-order chi connectivity index (χ0) is 18.7. The number of guanidine groups is 1. The van der Waals surface area contributed by atoms with Crippen molar-refractivity contribution < 1.29 is 17.9 Å². The Morgan fingerprint density at radius 2 is 1.73 bits per heavy atom. The fraction of sp³-hybridized carbons (Fsp3) is 0.611. The standard InChI is InChI=1S/C18H28F3N3O.HI/c1-14(2)5-4-10-23-17(22-3)24-11-15-6-8-16(9-7-15)12-25-13-18(19,20)21;/h6-9,14H,4-5,10-13H2,1-3H3,(H2,22,23,24);1H. The number of hydrogen-bond acceptors (Lipinski definition) is 2. The molecule has 0 aliphatic heterocycles. The third-order valence-corrected chi connectivity index (χ3v) is 3.49. The third-order valence-electron chi connectivity index (χ3n) is 3.49. The van der Waals surface area contributed by atoms with Crippen molar-refractivity contribution in [1.82, 2.24) is 10.6 Å². The molecule has 0 bridgehead atoms. The van der Waals surface area contributed by atoms with E-state index in [2.05, 4.69) is 34.2 Å². The number of hydrogen-bond donors (Lipinski definition) is 2. The van der Waals surface area contributed by atoms with E-state index in [1.165, 1.54) is 6.42 Å². The Morgan fingerprint density at radius 1 is 1.12 bits per heavy atom. The summed E-state index contributed by atoms with van der Waals surface area (Å²) in [6.45, 7) is 4.58. The van der Waals surface area contributed by atoms with Crippen LogP contribution < -0.4 is 10.6 Å². The molecule has 150 valence electrons. The van der Waals surface area contributed by atoms with E-state index in [1.807, 2.05) is 12.1 Å². The molecule has 0 fully saturated rings. The molecule has 26 heavy (non-hydrogen) atoms. The summed E-state index contributed by atoms with van der Waals surface area (Å²) in [5, 5.41) is 6.48. The summed E-state index contributed by atoms with van der Waals surface area (Å²) >= 11 is 0. The molecule has 0 spiro atoms. The number of aliphatic imine (C=N–C) groups is 1. The fourth-order valence-electron chi connectivity index (χ4n) is 2.16. The van der Waals surface area contributed by atoms with Crippen LogP contribution >= 0.6 is 24.0 Å². The predicted molar refractivity (Wildman–Crippen MR) is 110 cm³/mol. The second kappa shape index (κ2) is 13.2. The Kier molecular flexibility index (Phi) is 12.7. The van der Waals surface area contributed by atoms with Crippen LogP contribution in [0.25, 0.3) is 0 Å². The van der Waals surface area contributed by atoms with Crippen LogP contribution in [0.15, 0.2) is 29.3 Å². The molecule has 1 aromatic carbocycles. The highest BCUT2D eigenvalue weighted by atomic mass is 127. The van der Waals surface area contributed by atoms with Gasteiger partial charge in [0.25, 0.3) is 0 Å². The molecule has 0 unspecified atom stereocenters. The van der Waals surface area contributed by atoms with E-state index < -0.39 is 12.8 Å². The summed E-state index contributed by atoms with van der Waals surface area (Å²) in [6, 6.07) is 7.27. The molecule has 2 N–H and O–H groups in total. The van der Waals surface area contributed by atoms with Gasteiger partial charge in [-0.05, 0) is 29.9 Å². The largest absolute Gasteiger partial charge is 0.411 e. The smallest absolute Gasteiger partial charge is 0.367 e. The van der Waals surface area contributed by atoms with Crippen molar-refractivity contribution in [3.63, 3.8) is 0 Å². The van der Waals surface area contributed by atoms with Crippen molar-refractivity contribution in [2.75, 3.05) is 20.2 Å². The molecular formula is C18H29F3IN3O. The SMILES string of the molecule is CN=C(NCCCC(C)C)NCc1ccc(COCC(F)(F)F)cc1.I. The van der Waals surface area contributed by atoms with Gasteiger partial charge in [-0.1, -0.05) is 38.1 Å². The lowest BCUT2D eigenvalue weighted by Gasteiger charge is -2.13. The van der Waals surface area contributed by atoms with Gasteiger partial charge < -0.3 is 15.4 Å². The van der Waals surface area contributed by atoms with Crippen LogP contribution in [0, 0.1) is 5.92 Å². The number of ether oxygens (including phenoxy) is 1. The van der Waals surface area contributed by atoms with Gasteiger partial charge in [0.1, 0.15) is 6.61 Å². The molecule has 0 saturated carbocycles. The first-order chi connectivity index (χ1) is 11.8. The van der Waals surface area contributed by atoms with Gasteiger partial charge in [-0.3, -0.25) is 4.99 Å². The van der Waals surface area contributed by atoms with E-state index in [1.54, 1.807) is 19.2 Å². The summed E-state index contributed by atoms with van der Waals surface area (Å²) in [4.78, 5) is 4.17. The highest BCUT2D eigenvalue weighted by molar-refractivity contribution is 14.0. The molecule has 0 radical (unpaired) electrons. The summed E-state index contributed by atoms with van der Waals surface area (Å²) in [5.41, 5.74) is 1.73. The van der Waals surface area contributed by atoms with Gasteiger partial charge >= 0.3 is 6.18 Å². The summed E-state index contributed by atoms with van der Waals surface area (Å²) in [5.74, 6) is 1.43. The van der Waals surface area contributed by atoms with Gasteiger partial charge in [0.15, 0.2) is 5.96 Å². The first-order valence-electron chi connectivity index (χ1n) is 8.47. The summed E-state index contributed by atoms with van der Waals surface area (Å²) in [7, 11) is 1.72. The number of nitrogens with zero attached hydrogens (tertiary/aromatic N) is 1. The van der Waals surface area contributed by atoms with E-state index in [-0.39, 0.29) is 30.6 Å². The average Bonchev–Trinajstić information content (AvgIpc) is 2.54. The number of rotatable bonds is 9. The van der Waals surface area contributed by atoms with Crippen LogP contribution in [0.1, 0.15) is 37.8 Å². The van der Waals surface area contributed by atoms with Crippen molar-refractivity contribution in [1.29, 1.82) is 0 Å². The first kappa shape index (κ1) is 25.0. The maximum Gasteiger partial charge on any atom is 0.411 e. The number of benzene rings is 1. The van der Waals surface area contributed by atoms with E-state index in [4.69, 9.17) is 0 Å². The maximum absolute atomic E-state index is 12.0. The third kappa shape index (κ3) is 12.3. The minimum absolute atomic E-state index is 0. The first-order valence-corrected chi connectivity index (χ1v) is 8.47. The molecule has 8 heteroatoms. The molecule has 0 saturated heterocycles. The van der Waals surface area contributed by atoms with E-state index in [0.29, 0.717) is 18.0 Å². The van der Waals surface area contributed by atoms with E-state index >= 15 is 0 Å². The van der Waals surface area contributed by atoms with Gasteiger partial charge in [0.2, 0.25) is 0 Å². The minimum atomic E-state index is -4.29. The Labute approximate surface area is 171 Å². The van der Waals surface area contributed by atoms with Crippen LogP contribution in [0.5, 0.6) is 0 Å². The van der Waals surface area contributed by atoms with Gasteiger partial charge in [0.05, 0.1) is 6.61 Å². The Balaban J connectivity index is 0.00000625. The topological polar surface area (TPSA) is 45.7 Å². The number of alkyl halides is 3. The lowest BCUT2D eigenvalue weighted by Crippen LogP contribution is -2.37. The highest BCUT2D eigenvalue weighted by Crippen LogP contribution is 2.15. The molecule has 1 aromatic rings. The molecule has 0 aliphatic rings. The zero-order valence-electron chi connectivity index (χ0n) is 15.5. The Bertz CT molecular complexity index is 519. The normalized spacial score (nSPS) is 12.0. The predicted octanol–water partition coefficient (Wildman–Crippen LogP) is 4.48. The van der Waals surface area contributed by atoms with Crippen LogP contribution in [0.2, 0.25) is 0 Å². The van der Waals surface area contributed by atoms with Crippen LogP contribution in [-0.2, 0) is 17.9 Å². The highest BCUT2D eigenvalue weighted by Gasteiger charge is 2.27. The molecule has 0 amide bonds. The molecule has 0 aromatic heterocycles. The molecule has 1 rings (SSSR count). The fourth-order valence-corrected chi connectivity index (χ4v) is 2.16. The summed E-state index contributed by atoms with van der Waals surface area (Å²) in [6.07, 6.45) is -2.03.